The molecule has 3 rings (SSSR count). The van der Waals surface area contributed by atoms with Gasteiger partial charge >= 0.3 is 0 Å². The summed E-state index contributed by atoms with van der Waals surface area (Å²) >= 11 is 0. The number of hydrogen-bond donors (Lipinski definition) is 2. The van der Waals surface area contributed by atoms with Crippen molar-refractivity contribution in [1.29, 1.82) is 0 Å². The van der Waals surface area contributed by atoms with E-state index in [1.807, 2.05) is 47.3 Å². The van der Waals surface area contributed by atoms with Gasteiger partial charge in [0.05, 0.1) is 12.1 Å². The fourth-order valence-corrected chi connectivity index (χ4v) is 2.55. The second-order valence-corrected chi connectivity index (χ2v) is 5.39. The van der Waals surface area contributed by atoms with E-state index in [0.29, 0.717) is 5.56 Å². The van der Waals surface area contributed by atoms with Crippen molar-refractivity contribution >= 4 is 5.91 Å². The highest BCUT2D eigenvalue weighted by molar-refractivity contribution is 5.95. The van der Waals surface area contributed by atoms with Crippen LogP contribution in [0.1, 0.15) is 29.6 Å². The molecule has 1 fully saturated rings. The van der Waals surface area contributed by atoms with Crippen LogP contribution in [0.25, 0.3) is 5.69 Å². The molecule has 1 aromatic heterocycles. The summed E-state index contributed by atoms with van der Waals surface area (Å²) in [5, 5.41) is 12.4. The minimum atomic E-state index is -0.402. The second-order valence-electron chi connectivity index (χ2n) is 5.39. The van der Waals surface area contributed by atoms with Gasteiger partial charge in [-0.1, -0.05) is 6.07 Å². The van der Waals surface area contributed by atoms with Crippen LogP contribution < -0.4 is 5.32 Å². The summed E-state index contributed by atoms with van der Waals surface area (Å²) in [5.74, 6) is -0.118. The zero-order valence-corrected chi connectivity index (χ0v) is 11.2. The van der Waals surface area contributed by atoms with Crippen LogP contribution in [0, 0.1) is 0 Å². The lowest BCUT2D eigenvalue weighted by Gasteiger charge is -2.40. The molecule has 0 radical (unpaired) electrons. The van der Waals surface area contributed by atoms with E-state index in [1.54, 1.807) is 6.07 Å². The predicted octanol–water partition coefficient (Wildman–Crippen LogP) is 2.12. The van der Waals surface area contributed by atoms with Gasteiger partial charge < -0.3 is 15.0 Å². The fraction of sp³-hybridized carbons (Fsp3) is 0.312. The lowest BCUT2D eigenvalue weighted by molar-refractivity contribution is 0.0641. The maximum absolute atomic E-state index is 12.3. The molecule has 0 unspecified atom stereocenters. The molecule has 4 heteroatoms. The van der Waals surface area contributed by atoms with Crippen molar-refractivity contribution in [2.24, 2.45) is 0 Å². The Kier molecular flexibility index (Phi) is 3.32. The molecular weight excluding hydrogens is 252 g/mol. The van der Waals surface area contributed by atoms with Crippen molar-refractivity contribution < 1.29 is 9.90 Å². The SMILES string of the molecule is O=C(NC1(CO)CCC1)c1cccc(-n2cccc2)c1. The summed E-state index contributed by atoms with van der Waals surface area (Å²) in [6, 6.07) is 11.4. The summed E-state index contributed by atoms with van der Waals surface area (Å²) < 4.78 is 1.96. The molecule has 2 aromatic rings. The molecule has 4 nitrogen and oxygen atoms in total. The number of amides is 1. The van der Waals surface area contributed by atoms with Gasteiger partial charge in [-0.15, -0.1) is 0 Å². The third kappa shape index (κ3) is 2.34. The van der Waals surface area contributed by atoms with Crippen LogP contribution in [-0.2, 0) is 0 Å². The molecule has 0 spiro atoms. The van der Waals surface area contributed by atoms with Gasteiger partial charge in [0, 0.05) is 23.6 Å². The quantitative estimate of drug-likeness (QED) is 0.894. The van der Waals surface area contributed by atoms with E-state index >= 15 is 0 Å². The van der Waals surface area contributed by atoms with Crippen molar-refractivity contribution in [2.75, 3.05) is 6.61 Å². The maximum atomic E-state index is 12.3. The van der Waals surface area contributed by atoms with Crippen LogP contribution in [0.2, 0.25) is 0 Å². The summed E-state index contributed by atoms with van der Waals surface area (Å²) in [5.41, 5.74) is 1.17. The van der Waals surface area contributed by atoms with Gasteiger partial charge in [-0.2, -0.15) is 0 Å². The molecule has 0 atom stereocenters. The number of nitrogens with zero attached hydrogens (tertiary/aromatic N) is 1. The Balaban J connectivity index is 1.80. The Hall–Kier alpha value is -2.07. The zero-order valence-electron chi connectivity index (χ0n) is 11.2. The van der Waals surface area contributed by atoms with E-state index in [1.165, 1.54) is 0 Å². The molecule has 104 valence electrons. The summed E-state index contributed by atoms with van der Waals surface area (Å²) in [6.07, 6.45) is 6.65. The second kappa shape index (κ2) is 5.13. The van der Waals surface area contributed by atoms with Crippen LogP contribution >= 0.6 is 0 Å². The molecule has 1 aliphatic carbocycles. The third-order valence-electron chi connectivity index (χ3n) is 4.00. The number of nitrogens with one attached hydrogen (secondary N) is 1. The molecule has 1 heterocycles. The van der Waals surface area contributed by atoms with Crippen LogP contribution in [-0.4, -0.2) is 27.7 Å². The van der Waals surface area contributed by atoms with E-state index in [9.17, 15) is 9.90 Å². The first-order valence-electron chi connectivity index (χ1n) is 6.89. The molecule has 1 aromatic carbocycles. The standard InChI is InChI=1S/C16H18N2O2/c19-12-16(7-4-8-16)17-15(20)13-5-3-6-14(11-13)18-9-1-2-10-18/h1-3,5-6,9-11,19H,4,7-8,12H2,(H,17,20). The number of aliphatic hydroxyl groups is 1. The monoisotopic (exact) mass is 270 g/mol. The van der Waals surface area contributed by atoms with Crippen molar-refractivity contribution in [1.82, 2.24) is 9.88 Å². The number of aromatic nitrogens is 1. The molecule has 1 saturated carbocycles. The fourth-order valence-electron chi connectivity index (χ4n) is 2.55. The highest BCUT2D eigenvalue weighted by atomic mass is 16.3. The Labute approximate surface area is 118 Å². The van der Waals surface area contributed by atoms with Crippen LogP contribution in [0.5, 0.6) is 0 Å². The largest absolute Gasteiger partial charge is 0.394 e. The first kappa shape index (κ1) is 12.9. The minimum Gasteiger partial charge on any atom is -0.394 e. The molecule has 1 aliphatic rings. The number of benzene rings is 1. The number of aliphatic hydroxyl groups excluding tert-OH is 1. The van der Waals surface area contributed by atoms with E-state index < -0.39 is 5.54 Å². The summed E-state index contributed by atoms with van der Waals surface area (Å²) in [6.45, 7) is 0.00995. The average molecular weight is 270 g/mol. The van der Waals surface area contributed by atoms with Gasteiger partial charge in [-0.3, -0.25) is 4.79 Å². The van der Waals surface area contributed by atoms with Gasteiger partial charge in [0.1, 0.15) is 0 Å². The first-order chi connectivity index (χ1) is 9.72. The third-order valence-corrected chi connectivity index (χ3v) is 4.00. The van der Waals surface area contributed by atoms with Crippen LogP contribution in [0.4, 0.5) is 0 Å². The maximum Gasteiger partial charge on any atom is 0.251 e. The predicted molar refractivity (Wildman–Crippen MR) is 76.9 cm³/mol. The summed E-state index contributed by atoms with van der Waals surface area (Å²) in [7, 11) is 0. The van der Waals surface area contributed by atoms with Gasteiger partial charge in [0.15, 0.2) is 0 Å². The average Bonchev–Trinajstić information content (AvgIpc) is 2.97. The van der Waals surface area contributed by atoms with Crippen molar-refractivity contribution in [3.05, 3.63) is 54.4 Å². The number of carbonyl (C=O) groups is 1. The number of rotatable bonds is 4. The topological polar surface area (TPSA) is 54.3 Å². The highest BCUT2D eigenvalue weighted by Crippen LogP contribution is 2.31. The molecular formula is C16H18N2O2. The Morgan fingerprint density at radius 3 is 2.60 bits per heavy atom. The van der Waals surface area contributed by atoms with Gasteiger partial charge in [0.25, 0.3) is 5.91 Å². The van der Waals surface area contributed by atoms with Crippen LogP contribution in [0.15, 0.2) is 48.8 Å². The van der Waals surface area contributed by atoms with E-state index in [-0.39, 0.29) is 12.5 Å². The lowest BCUT2D eigenvalue weighted by atomic mass is 9.77. The van der Waals surface area contributed by atoms with Crippen molar-refractivity contribution in [3.8, 4) is 5.69 Å². The Morgan fingerprint density at radius 1 is 1.25 bits per heavy atom. The van der Waals surface area contributed by atoms with Crippen molar-refractivity contribution in [3.63, 3.8) is 0 Å². The molecule has 2 N–H and O–H groups in total. The molecule has 0 aliphatic heterocycles. The van der Waals surface area contributed by atoms with Crippen LogP contribution in [0.3, 0.4) is 0 Å². The minimum absolute atomic E-state index is 0.00995. The van der Waals surface area contributed by atoms with E-state index in [0.717, 1.165) is 24.9 Å². The smallest absolute Gasteiger partial charge is 0.251 e. The highest BCUT2D eigenvalue weighted by Gasteiger charge is 2.37. The molecule has 0 saturated heterocycles. The number of carbonyl (C=O) groups excluding carboxylic acids is 1. The van der Waals surface area contributed by atoms with Gasteiger partial charge in [-0.05, 0) is 49.6 Å². The summed E-state index contributed by atoms with van der Waals surface area (Å²) in [4.78, 5) is 12.3. The molecule has 20 heavy (non-hydrogen) atoms. The Morgan fingerprint density at radius 2 is 2.00 bits per heavy atom. The first-order valence-corrected chi connectivity index (χ1v) is 6.89. The Bertz CT molecular complexity index is 595. The van der Waals surface area contributed by atoms with E-state index in [4.69, 9.17) is 0 Å². The van der Waals surface area contributed by atoms with Crippen molar-refractivity contribution in [2.45, 2.75) is 24.8 Å². The normalized spacial score (nSPS) is 16.4. The van der Waals surface area contributed by atoms with E-state index in [2.05, 4.69) is 5.32 Å². The zero-order chi connectivity index (χ0) is 14.0. The molecule has 1 amide bonds. The van der Waals surface area contributed by atoms with Gasteiger partial charge in [-0.25, -0.2) is 0 Å². The van der Waals surface area contributed by atoms with Gasteiger partial charge in [0.2, 0.25) is 0 Å². The molecule has 0 bridgehead atoms. The number of hydrogen-bond acceptors (Lipinski definition) is 2. The lowest BCUT2D eigenvalue weighted by Crippen LogP contribution is -2.56.